The summed E-state index contributed by atoms with van der Waals surface area (Å²) in [5.41, 5.74) is 3.46. The van der Waals surface area contributed by atoms with E-state index in [1.807, 2.05) is 12.4 Å². The summed E-state index contributed by atoms with van der Waals surface area (Å²) < 4.78 is 2.11. The van der Waals surface area contributed by atoms with Crippen molar-refractivity contribution in [2.24, 2.45) is 0 Å². The normalized spacial score (nSPS) is 16.8. The van der Waals surface area contributed by atoms with Crippen LogP contribution in [0, 0.1) is 0 Å². The minimum absolute atomic E-state index is 0.524. The summed E-state index contributed by atoms with van der Waals surface area (Å²) >= 11 is 0. The Morgan fingerprint density at radius 3 is 2.85 bits per heavy atom. The first kappa shape index (κ1) is 13.3. The van der Waals surface area contributed by atoms with Crippen LogP contribution in [0.5, 0.6) is 0 Å². The molecule has 3 rings (SSSR count). The predicted octanol–water partition coefficient (Wildman–Crippen LogP) is 2.99. The van der Waals surface area contributed by atoms with Gasteiger partial charge in [-0.3, -0.25) is 9.67 Å². The number of hydrogen-bond donors (Lipinski definition) is 1. The van der Waals surface area contributed by atoms with Crippen molar-refractivity contribution in [3.05, 3.63) is 36.3 Å². The number of pyridine rings is 1. The molecule has 1 aliphatic heterocycles. The van der Waals surface area contributed by atoms with Crippen molar-refractivity contribution in [3.8, 4) is 11.3 Å². The zero-order valence-electron chi connectivity index (χ0n) is 12.2. The van der Waals surface area contributed by atoms with Gasteiger partial charge in [0.25, 0.3) is 0 Å². The Balaban J connectivity index is 1.84. The maximum Gasteiger partial charge on any atom is 0.0736 e. The molecule has 2 aromatic rings. The standard InChI is InChI=1S/C16H22N4/c1-12(2)13-3-8-18-16(9-13)14-10-19-20(11-14)15-4-6-17-7-5-15/h3,8-12,15,17H,4-7H2,1-2H3. The number of nitrogens with zero attached hydrogens (tertiary/aromatic N) is 3. The van der Waals surface area contributed by atoms with E-state index in [-0.39, 0.29) is 0 Å². The molecule has 0 unspecified atom stereocenters. The number of hydrogen-bond acceptors (Lipinski definition) is 3. The second-order valence-corrected chi connectivity index (χ2v) is 5.82. The largest absolute Gasteiger partial charge is 0.317 e. The highest BCUT2D eigenvalue weighted by molar-refractivity contribution is 5.57. The first-order valence-electron chi connectivity index (χ1n) is 7.45. The van der Waals surface area contributed by atoms with Crippen LogP contribution in [0.2, 0.25) is 0 Å². The summed E-state index contributed by atoms with van der Waals surface area (Å²) in [6.07, 6.45) is 8.28. The minimum Gasteiger partial charge on any atom is -0.317 e. The SMILES string of the molecule is CC(C)c1ccnc(-c2cnn(C3CCNCC3)c2)c1. The molecule has 1 saturated heterocycles. The van der Waals surface area contributed by atoms with Gasteiger partial charge in [-0.05, 0) is 49.5 Å². The van der Waals surface area contributed by atoms with Crippen molar-refractivity contribution in [2.45, 2.75) is 38.6 Å². The van der Waals surface area contributed by atoms with Crippen LogP contribution in [-0.2, 0) is 0 Å². The topological polar surface area (TPSA) is 42.7 Å². The van der Waals surface area contributed by atoms with E-state index < -0.39 is 0 Å². The third kappa shape index (κ3) is 2.75. The van der Waals surface area contributed by atoms with Gasteiger partial charge < -0.3 is 5.32 Å². The van der Waals surface area contributed by atoms with Crippen molar-refractivity contribution in [3.63, 3.8) is 0 Å². The van der Waals surface area contributed by atoms with E-state index in [2.05, 4.69) is 52.3 Å². The number of rotatable bonds is 3. The Hall–Kier alpha value is -1.68. The molecule has 20 heavy (non-hydrogen) atoms. The van der Waals surface area contributed by atoms with Gasteiger partial charge in [-0.15, -0.1) is 0 Å². The van der Waals surface area contributed by atoms with Crippen molar-refractivity contribution in [1.82, 2.24) is 20.1 Å². The maximum atomic E-state index is 4.54. The summed E-state index contributed by atoms with van der Waals surface area (Å²) in [5.74, 6) is 0.524. The van der Waals surface area contributed by atoms with Crippen molar-refractivity contribution >= 4 is 0 Å². The van der Waals surface area contributed by atoms with E-state index in [4.69, 9.17) is 0 Å². The van der Waals surface area contributed by atoms with Gasteiger partial charge in [-0.2, -0.15) is 5.10 Å². The zero-order valence-corrected chi connectivity index (χ0v) is 12.2. The first-order valence-corrected chi connectivity index (χ1v) is 7.45. The summed E-state index contributed by atoms with van der Waals surface area (Å²) in [7, 11) is 0. The molecule has 0 spiro atoms. The molecule has 0 aliphatic carbocycles. The second kappa shape index (κ2) is 5.75. The molecule has 3 heterocycles. The summed E-state index contributed by atoms with van der Waals surface area (Å²) in [6, 6.07) is 4.79. The average Bonchev–Trinajstić information content (AvgIpc) is 2.98. The smallest absolute Gasteiger partial charge is 0.0736 e. The van der Waals surface area contributed by atoms with Crippen LogP contribution in [0.1, 0.15) is 44.2 Å². The molecule has 2 aromatic heterocycles. The van der Waals surface area contributed by atoms with Gasteiger partial charge in [0, 0.05) is 18.0 Å². The molecular formula is C16H22N4. The highest BCUT2D eigenvalue weighted by Gasteiger charge is 2.16. The lowest BCUT2D eigenvalue weighted by Crippen LogP contribution is -2.29. The fourth-order valence-corrected chi connectivity index (χ4v) is 2.71. The Labute approximate surface area is 120 Å². The highest BCUT2D eigenvalue weighted by Crippen LogP contribution is 2.24. The quantitative estimate of drug-likeness (QED) is 0.932. The molecule has 0 aromatic carbocycles. The van der Waals surface area contributed by atoms with Gasteiger partial charge in [0.1, 0.15) is 0 Å². The van der Waals surface area contributed by atoms with E-state index in [1.165, 1.54) is 5.56 Å². The van der Waals surface area contributed by atoms with E-state index in [0.717, 1.165) is 37.2 Å². The average molecular weight is 270 g/mol. The number of piperidine rings is 1. The lowest BCUT2D eigenvalue weighted by atomic mass is 10.0. The summed E-state index contributed by atoms with van der Waals surface area (Å²) in [4.78, 5) is 4.48. The summed E-state index contributed by atoms with van der Waals surface area (Å²) in [6.45, 7) is 6.58. The number of aromatic nitrogens is 3. The highest BCUT2D eigenvalue weighted by atomic mass is 15.3. The van der Waals surface area contributed by atoms with Gasteiger partial charge in [0.2, 0.25) is 0 Å². The molecule has 1 fully saturated rings. The summed E-state index contributed by atoms with van der Waals surface area (Å²) in [5, 5.41) is 7.93. The van der Waals surface area contributed by atoms with Crippen LogP contribution in [0.3, 0.4) is 0 Å². The van der Waals surface area contributed by atoms with Gasteiger partial charge in [0.05, 0.1) is 17.9 Å². The van der Waals surface area contributed by atoms with Crippen LogP contribution < -0.4 is 5.32 Å². The third-order valence-corrected chi connectivity index (χ3v) is 4.03. The first-order chi connectivity index (χ1) is 9.74. The van der Waals surface area contributed by atoms with E-state index >= 15 is 0 Å². The van der Waals surface area contributed by atoms with Crippen LogP contribution in [0.15, 0.2) is 30.7 Å². The minimum atomic E-state index is 0.524. The van der Waals surface area contributed by atoms with Gasteiger partial charge >= 0.3 is 0 Å². The maximum absolute atomic E-state index is 4.54. The monoisotopic (exact) mass is 270 g/mol. The molecule has 106 valence electrons. The molecule has 0 bridgehead atoms. The molecule has 1 N–H and O–H groups in total. The predicted molar refractivity (Wildman–Crippen MR) is 80.7 cm³/mol. The lowest BCUT2D eigenvalue weighted by Gasteiger charge is -2.22. The van der Waals surface area contributed by atoms with E-state index in [0.29, 0.717) is 12.0 Å². The van der Waals surface area contributed by atoms with Crippen LogP contribution in [-0.4, -0.2) is 27.9 Å². The molecule has 0 amide bonds. The Morgan fingerprint density at radius 2 is 2.10 bits per heavy atom. The lowest BCUT2D eigenvalue weighted by molar-refractivity contribution is 0.343. The van der Waals surface area contributed by atoms with Crippen molar-refractivity contribution in [2.75, 3.05) is 13.1 Å². The van der Waals surface area contributed by atoms with E-state index in [9.17, 15) is 0 Å². The van der Waals surface area contributed by atoms with Gasteiger partial charge in [0.15, 0.2) is 0 Å². The van der Waals surface area contributed by atoms with Crippen LogP contribution >= 0.6 is 0 Å². The fraction of sp³-hybridized carbons (Fsp3) is 0.500. The molecule has 4 nitrogen and oxygen atoms in total. The number of nitrogens with one attached hydrogen (secondary N) is 1. The zero-order chi connectivity index (χ0) is 13.9. The van der Waals surface area contributed by atoms with Gasteiger partial charge in [-0.25, -0.2) is 0 Å². The van der Waals surface area contributed by atoms with E-state index in [1.54, 1.807) is 0 Å². The Bertz CT molecular complexity index is 567. The molecule has 0 radical (unpaired) electrons. The Morgan fingerprint density at radius 1 is 1.30 bits per heavy atom. The molecule has 0 atom stereocenters. The van der Waals surface area contributed by atoms with Gasteiger partial charge in [-0.1, -0.05) is 13.8 Å². The Kier molecular flexibility index (Phi) is 3.83. The third-order valence-electron chi connectivity index (χ3n) is 4.03. The van der Waals surface area contributed by atoms with Crippen molar-refractivity contribution < 1.29 is 0 Å². The molecule has 1 aliphatic rings. The second-order valence-electron chi connectivity index (χ2n) is 5.82. The fourth-order valence-electron chi connectivity index (χ4n) is 2.71. The molecular weight excluding hydrogens is 248 g/mol. The van der Waals surface area contributed by atoms with Crippen LogP contribution in [0.4, 0.5) is 0 Å². The van der Waals surface area contributed by atoms with Crippen LogP contribution in [0.25, 0.3) is 11.3 Å². The van der Waals surface area contributed by atoms with Crippen molar-refractivity contribution in [1.29, 1.82) is 0 Å². The molecule has 4 heteroatoms. The molecule has 0 saturated carbocycles.